The lowest BCUT2D eigenvalue weighted by Gasteiger charge is -2.24. The van der Waals surface area contributed by atoms with Crippen molar-refractivity contribution in [1.29, 1.82) is 0 Å². The third kappa shape index (κ3) is 2.80. The zero-order chi connectivity index (χ0) is 19.3. The molecule has 0 radical (unpaired) electrons. The molecule has 0 aliphatic heterocycles. The van der Waals surface area contributed by atoms with Gasteiger partial charge in [0.25, 0.3) is 0 Å². The fourth-order valence-corrected chi connectivity index (χ4v) is 5.21. The van der Waals surface area contributed by atoms with Crippen molar-refractivity contribution in [2.24, 2.45) is 5.92 Å². The molecule has 1 aromatic carbocycles. The summed E-state index contributed by atoms with van der Waals surface area (Å²) >= 11 is 1.68. The van der Waals surface area contributed by atoms with Crippen LogP contribution in [0.3, 0.4) is 0 Å². The predicted molar refractivity (Wildman–Crippen MR) is 111 cm³/mol. The largest absolute Gasteiger partial charge is 0.349 e. The summed E-state index contributed by atoms with van der Waals surface area (Å²) in [4.78, 5) is 25.3. The van der Waals surface area contributed by atoms with Crippen LogP contribution in [-0.2, 0) is 17.6 Å². The normalized spacial score (nSPS) is 16.3. The number of thiophene rings is 1. The van der Waals surface area contributed by atoms with Crippen LogP contribution in [0.25, 0.3) is 21.1 Å². The number of benzene rings is 1. The van der Waals surface area contributed by atoms with Crippen molar-refractivity contribution < 1.29 is 4.79 Å². The van der Waals surface area contributed by atoms with Gasteiger partial charge in [0.15, 0.2) is 0 Å². The lowest BCUT2D eigenvalue weighted by atomic mass is 9.87. The van der Waals surface area contributed by atoms with E-state index < -0.39 is 0 Å². The number of aromatic nitrogens is 4. The minimum absolute atomic E-state index is 0.0587. The number of carbonyl (C=O) groups excluding carboxylic acids is 1. The van der Waals surface area contributed by atoms with E-state index in [0.717, 1.165) is 51.9 Å². The van der Waals surface area contributed by atoms with Crippen LogP contribution in [0.1, 0.15) is 16.9 Å². The number of nitrogens with one attached hydrogen (secondary N) is 2. The maximum atomic E-state index is 12.4. The topological polar surface area (TPSA) is 86.8 Å². The van der Waals surface area contributed by atoms with Crippen LogP contribution in [0.5, 0.6) is 0 Å². The third-order valence-electron chi connectivity index (χ3n) is 5.34. The van der Waals surface area contributed by atoms with Crippen LogP contribution in [0.2, 0.25) is 0 Å². The number of aromatic amines is 1. The van der Waals surface area contributed by atoms with Gasteiger partial charge in [-0.2, -0.15) is 5.10 Å². The zero-order valence-electron chi connectivity index (χ0n) is 15.7. The van der Waals surface area contributed by atoms with Gasteiger partial charge in [0.05, 0.1) is 17.1 Å². The number of hydrogen-bond donors (Lipinski definition) is 2. The highest BCUT2D eigenvalue weighted by Gasteiger charge is 2.29. The number of rotatable bonds is 3. The van der Waals surface area contributed by atoms with E-state index in [4.69, 9.17) is 0 Å². The van der Waals surface area contributed by atoms with Crippen LogP contribution < -0.4 is 5.32 Å². The average molecular weight is 392 g/mol. The summed E-state index contributed by atoms with van der Waals surface area (Å²) in [7, 11) is 3.65. The van der Waals surface area contributed by atoms with Gasteiger partial charge in [-0.3, -0.25) is 9.89 Å². The Morgan fingerprint density at radius 3 is 3.07 bits per heavy atom. The number of hydrogen-bond acceptors (Lipinski definition) is 6. The van der Waals surface area contributed by atoms with E-state index in [-0.39, 0.29) is 11.8 Å². The molecule has 1 amide bonds. The molecule has 4 aromatic rings. The Hall–Kier alpha value is -3.00. The van der Waals surface area contributed by atoms with E-state index in [9.17, 15) is 4.79 Å². The first-order valence-electron chi connectivity index (χ1n) is 9.26. The second kappa shape index (κ2) is 6.56. The van der Waals surface area contributed by atoms with Gasteiger partial charge in [0, 0.05) is 36.0 Å². The molecule has 1 aliphatic rings. The second-order valence-electron chi connectivity index (χ2n) is 7.38. The molecule has 1 atom stereocenters. The van der Waals surface area contributed by atoms with Gasteiger partial charge in [-0.05, 0) is 43.0 Å². The van der Waals surface area contributed by atoms with Crippen LogP contribution in [-0.4, -0.2) is 45.1 Å². The van der Waals surface area contributed by atoms with Crippen LogP contribution >= 0.6 is 11.3 Å². The van der Waals surface area contributed by atoms with Gasteiger partial charge in [-0.25, -0.2) is 9.97 Å². The molecule has 8 heteroatoms. The van der Waals surface area contributed by atoms with Crippen molar-refractivity contribution in [3.8, 4) is 0 Å². The minimum Gasteiger partial charge on any atom is -0.349 e. The summed E-state index contributed by atoms with van der Waals surface area (Å²) in [5.74, 6) is 1.09. The Labute approximate surface area is 165 Å². The van der Waals surface area contributed by atoms with Crippen molar-refractivity contribution in [1.82, 2.24) is 25.1 Å². The Morgan fingerprint density at radius 2 is 2.21 bits per heavy atom. The van der Waals surface area contributed by atoms with Crippen molar-refractivity contribution >= 4 is 49.9 Å². The standard InChI is InChI=1S/C20H20N6OS/c1-26(2)20(27)11-3-5-14-16(8-11)28-19-17(14)18(21-10-22-19)24-13-4-6-15-12(7-13)9-23-25-15/h4,6-7,9-11H,3,5,8H2,1-2H3,(H,23,25)(H,21,22,24)/t11-/m1/s1. The highest BCUT2D eigenvalue weighted by atomic mass is 32.1. The van der Waals surface area contributed by atoms with E-state index in [0.29, 0.717) is 0 Å². The van der Waals surface area contributed by atoms with Gasteiger partial charge >= 0.3 is 0 Å². The van der Waals surface area contributed by atoms with Gasteiger partial charge in [-0.1, -0.05) is 0 Å². The molecule has 1 aliphatic carbocycles. The first kappa shape index (κ1) is 17.1. The average Bonchev–Trinajstić information content (AvgIpc) is 3.30. The molecule has 28 heavy (non-hydrogen) atoms. The fraction of sp³-hybridized carbons (Fsp3) is 0.300. The number of carbonyl (C=O) groups is 1. The molecule has 142 valence electrons. The first-order chi connectivity index (χ1) is 13.6. The summed E-state index contributed by atoms with van der Waals surface area (Å²) < 4.78 is 0. The molecule has 2 N–H and O–H groups in total. The molecular weight excluding hydrogens is 372 g/mol. The first-order valence-corrected chi connectivity index (χ1v) is 10.1. The molecule has 0 saturated carbocycles. The lowest BCUT2D eigenvalue weighted by Crippen LogP contribution is -2.32. The molecule has 0 bridgehead atoms. The SMILES string of the molecule is CN(C)C(=O)[C@@H]1CCc2c(sc3ncnc(Nc4ccc5[nH]ncc5c4)c23)C1. The monoisotopic (exact) mass is 392 g/mol. The summed E-state index contributed by atoms with van der Waals surface area (Å²) in [6.07, 6.45) is 5.94. The van der Waals surface area contributed by atoms with Gasteiger partial charge in [0.2, 0.25) is 5.91 Å². The van der Waals surface area contributed by atoms with Crippen molar-refractivity contribution in [2.75, 3.05) is 19.4 Å². The van der Waals surface area contributed by atoms with Crippen molar-refractivity contribution in [3.63, 3.8) is 0 Å². The van der Waals surface area contributed by atoms with Crippen LogP contribution in [0.15, 0.2) is 30.7 Å². The highest BCUT2D eigenvalue weighted by Crippen LogP contribution is 2.40. The Kier molecular flexibility index (Phi) is 4.01. The minimum atomic E-state index is 0.0587. The molecule has 0 fully saturated rings. The number of amides is 1. The predicted octanol–water partition coefficient (Wildman–Crippen LogP) is 3.50. The fourth-order valence-electron chi connectivity index (χ4n) is 3.94. The van der Waals surface area contributed by atoms with Crippen LogP contribution in [0.4, 0.5) is 11.5 Å². The molecule has 5 rings (SSSR count). The molecule has 0 spiro atoms. The Balaban J connectivity index is 1.52. The molecule has 3 heterocycles. The highest BCUT2D eigenvalue weighted by molar-refractivity contribution is 7.19. The maximum Gasteiger partial charge on any atom is 0.225 e. The molecule has 0 saturated heterocycles. The number of nitrogens with zero attached hydrogens (tertiary/aromatic N) is 4. The number of aryl methyl sites for hydroxylation is 1. The third-order valence-corrected chi connectivity index (χ3v) is 6.50. The molecule has 3 aromatic heterocycles. The van der Waals surface area contributed by atoms with Gasteiger partial charge < -0.3 is 10.2 Å². The lowest BCUT2D eigenvalue weighted by molar-refractivity contribution is -0.133. The Morgan fingerprint density at radius 1 is 1.32 bits per heavy atom. The molecule has 0 unspecified atom stereocenters. The van der Waals surface area contributed by atoms with Crippen molar-refractivity contribution in [3.05, 3.63) is 41.2 Å². The quantitative estimate of drug-likeness (QED) is 0.557. The van der Waals surface area contributed by atoms with E-state index >= 15 is 0 Å². The molecule has 7 nitrogen and oxygen atoms in total. The summed E-state index contributed by atoms with van der Waals surface area (Å²) in [6.45, 7) is 0. The van der Waals surface area contributed by atoms with E-state index in [1.807, 2.05) is 32.4 Å². The molecular formula is C20H20N6OS. The van der Waals surface area contributed by atoms with Gasteiger partial charge in [0.1, 0.15) is 17.0 Å². The van der Waals surface area contributed by atoms with E-state index in [1.165, 1.54) is 10.4 Å². The summed E-state index contributed by atoms with van der Waals surface area (Å²) in [5.41, 5.74) is 3.25. The van der Waals surface area contributed by atoms with E-state index in [2.05, 4.69) is 31.5 Å². The van der Waals surface area contributed by atoms with Gasteiger partial charge in [-0.15, -0.1) is 11.3 Å². The van der Waals surface area contributed by atoms with Crippen LogP contribution in [0, 0.1) is 5.92 Å². The smallest absolute Gasteiger partial charge is 0.225 e. The number of fused-ring (bicyclic) bond motifs is 4. The summed E-state index contributed by atoms with van der Waals surface area (Å²) in [5, 5.41) is 12.6. The van der Waals surface area contributed by atoms with E-state index in [1.54, 1.807) is 22.6 Å². The Bertz CT molecular complexity index is 1190. The van der Waals surface area contributed by atoms with Crippen molar-refractivity contribution in [2.45, 2.75) is 19.3 Å². The summed E-state index contributed by atoms with van der Waals surface area (Å²) in [6, 6.07) is 6.07. The number of H-pyrrole nitrogens is 1. The zero-order valence-corrected chi connectivity index (χ0v) is 16.5. The number of anilines is 2. The maximum absolute atomic E-state index is 12.4. The second-order valence-corrected chi connectivity index (χ2v) is 8.46.